The normalized spacial score (nSPS) is 10.4. The number of pyridine rings is 1. The van der Waals surface area contributed by atoms with E-state index in [0.717, 1.165) is 0 Å². The molecule has 6 heteroatoms. The van der Waals surface area contributed by atoms with Crippen molar-refractivity contribution in [2.24, 2.45) is 0 Å². The van der Waals surface area contributed by atoms with Crippen molar-refractivity contribution in [1.29, 1.82) is 0 Å². The lowest BCUT2D eigenvalue weighted by atomic mass is 10.3. The molecule has 0 aliphatic carbocycles. The van der Waals surface area contributed by atoms with Gasteiger partial charge in [-0.05, 0) is 26.0 Å². The van der Waals surface area contributed by atoms with Gasteiger partial charge in [-0.15, -0.1) is 0 Å². The van der Waals surface area contributed by atoms with E-state index in [1.54, 1.807) is 32.2 Å². The second-order valence-electron chi connectivity index (χ2n) is 3.61. The molecule has 2 aromatic heterocycles. The van der Waals surface area contributed by atoms with Crippen LogP contribution in [0.4, 0.5) is 0 Å². The van der Waals surface area contributed by atoms with Crippen LogP contribution in [0.1, 0.15) is 23.1 Å². The first-order valence-electron chi connectivity index (χ1n) is 5.48. The summed E-state index contributed by atoms with van der Waals surface area (Å²) >= 11 is 6.02. The maximum Gasteiger partial charge on any atom is 0.358 e. The first-order valence-corrected chi connectivity index (χ1v) is 5.86. The van der Waals surface area contributed by atoms with Crippen LogP contribution in [0, 0.1) is 6.92 Å². The lowest BCUT2D eigenvalue weighted by molar-refractivity contribution is 0.0519. The smallest absolute Gasteiger partial charge is 0.358 e. The summed E-state index contributed by atoms with van der Waals surface area (Å²) in [5, 5.41) is 0.474. The molecule has 18 heavy (non-hydrogen) atoms. The van der Waals surface area contributed by atoms with Crippen molar-refractivity contribution in [2.45, 2.75) is 13.8 Å². The number of aryl methyl sites for hydroxylation is 1. The third-order valence-electron chi connectivity index (χ3n) is 2.34. The summed E-state index contributed by atoms with van der Waals surface area (Å²) in [6.45, 7) is 3.81. The Morgan fingerprint density at radius 1 is 1.56 bits per heavy atom. The zero-order valence-corrected chi connectivity index (χ0v) is 10.8. The second kappa shape index (κ2) is 5.18. The topological polar surface area (TPSA) is 67.9 Å². The summed E-state index contributed by atoms with van der Waals surface area (Å²) in [5.74, 6) is 0.00528. The van der Waals surface area contributed by atoms with Gasteiger partial charge in [0.2, 0.25) is 0 Å². The third kappa shape index (κ3) is 2.36. The molecule has 94 valence electrons. The van der Waals surface area contributed by atoms with Crippen LogP contribution in [0.5, 0.6) is 0 Å². The van der Waals surface area contributed by atoms with Gasteiger partial charge in [0.1, 0.15) is 5.69 Å². The molecule has 0 spiro atoms. The first-order chi connectivity index (χ1) is 8.63. The van der Waals surface area contributed by atoms with Gasteiger partial charge in [-0.3, -0.25) is 4.98 Å². The molecule has 0 bridgehead atoms. The standard InChI is InChI=1S/C12H12ClN3O2/c1-3-18-12(17)9-7(2)15-11(16-9)10-8(13)5-4-6-14-10/h4-6H,3H2,1-2H3,(H,15,16). The second-order valence-corrected chi connectivity index (χ2v) is 4.02. The monoisotopic (exact) mass is 265 g/mol. The number of rotatable bonds is 3. The molecule has 0 unspecified atom stereocenters. The molecular formula is C12H12ClN3O2. The third-order valence-corrected chi connectivity index (χ3v) is 2.64. The number of nitrogens with one attached hydrogen (secondary N) is 1. The van der Waals surface area contributed by atoms with E-state index >= 15 is 0 Å². The van der Waals surface area contributed by atoms with Crippen molar-refractivity contribution >= 4 is 17.6 Å². The van der Waals surface area contributed by atoms with Gasteiger partial charge in [-0.1, -0.05) is 11.6 Å². The van der Waals surface area contributed by atoms with Crippen LogP contribution in [0.2, 0.25) is 5.02 Å². The van der Waals surface area contributed by atoms with Gasteiger partial charge in [0.05, 0.1) is 11.6 Å². The highest BCUT2D eigenvalue weighted by Crippen LogP contribution is 2.23. The number of aromatic amines is 1. The van der Waals surface area contributed by atoms with Crippen LogP contribution in [0.3, 0.4) is 0 Å². The fourth-order valence-electron chi connectivity index (χ4n) is 1.53. The molecule has 0 amide bonds. The number of nitrogens with zero attached hydrogens (tertiary/aromatic N) is 2. The van der Waals surface area contributed by atoms with Crippen molar-refractivity contribution in [1.82, 2.24) is 15.0 Å². The van der Waals surface area contributed by atoms with Crippen LogP contribution >= 0.6 is 11.6 Å². The molecule has 1 N–H and O–H groups in total. The Balaban J connectivity index is 2.41. The van der Waals surface area contributed by atoms with Gasteiger partial charge in [-0.25, -0.2) is 9.78 Å². The Kier molecular flexibility index (Phi) is 3.62. The predicted molar refractivity (Wildman–Crippen MR) is 67.5 cm³/mol. The highest BCUT2D eigenvalue weighted by atomic mass is 35.5. The molecule has 0 aromatic carbocycles. The van der Waals surface area contributed by atoms with Crippen molar-refractivity contribution in [2.75, 3.05) is 6.61 Å². The predicted octanol–water partition coefficient (Wildman–Crippen LogP) is 2.61. The van der Waals surface area contributed by atoms with Crippen LogP contribution in [-0.2, 0) is 4.74 Å². The maximum atomic E-state index is 11.6. The number of imidazole rings is 1. The fraction of sp³-hybridized carbons (Fsp3) is 0.250. The molecule has 0 aliphatic rings. The van der Waals surface area contributed by atoms with Crippen molar-refractivity contribution in [3.63, 3.8) is 0 Å². The van der Waals surface area contributed by atoms with Gasteiger partial charge in [0.15, 0.2) is 11.5 Å². The lowest BCUT2D eigenvalue weighted by Crippen LogP contribution is -2.06. The Labute approximate surface area is 109 Å². The number of hydrogen-bond acceptors (Lipinski definition) is 4. The van der Waals surface area contributed by atoms with E-state index in [0.29, 0.717) is 28.8 Å². The van der Waals surface area contributed by atoms with Crippen molar-refractivity contribution < 1.29 is 9.53 Å². The van der Waals surface area contributed by atoms with E-state index in [-0.39, 0.29) is 5.69 Å². The molecule has 2 rings (SSSR count). The van der Waals surface area contributed by atoms with E-state index in [1.165, 1.54) is 0 Å². The van der Waals surface area contributed by atoms with E-state index in [9.17, 15) is 4.79 Å². The quantitative estimate of drug-likeness (QED) is 0.866. The average Bonchev–Trinajstić information content (AvgIpc) is 2.72. The minimum atomic E-state index is -0.454. The van der Waals surface area contributed by atoms with Crippen LogP contribution in [-0.4, -0.2) is 27.5 Å². The summed E-state index contributed by atoms with van der Waals surface area (Å²) in [7, 11) is 0. The average molecular weight is 266 g/mol. The maximum absolute atomic E-state index is 11.6. The number of esters is 1. The Hall–Kier alpha value is -1.88. The lowest BCUT2D eigenvalue weighted by Gasteiger charge is -1.98. The molecule has 0 fully saturated rings. The molecule has 2 aromatic rings. The summed E-state index contributed by atoms with van der Waals surface area (Å²) in [5.41, 5.74) is 1.40. The Morgan fingerprint density at radius 2 is 2.33 bits per heavy atom. The number of ether oxygens (including phenoxy) is 1. The van der Waals surface area contributed by atoms with Crippen LogP contribution < -0.4 is 0 Å². The largest absolute Gasteiger partial charge is 0.461 e. The molecule has 0 radical (unpaired) electrons. The van der Waals surface area contributed by atoms with Gasteiger partial charge in [-0.2, -0.15) is 0 Å². The zero-order chi connectivity index (χ0) is 13.1. The SMILES string of the molecule is CCOC(=O)c1nc(-c2ncccc2Cl)[nH]c1C. The van der Waals surface area contributed by atoms with E-state index < -0.39 is 5.97 Å². The van der Waals surface area contributed by atoms with E-state index in [1.807, 2.05) is 0 Å². The number of aromatic nitrogens is 3. The van der Waals surface area contributed by atoms with E-state index in [2.05, 4.69) is 15.0 Å². The minimum Gasteiger partial charge on any atom is -0.461 e. The molecule has 0 aliphatic heterocycles. The van der Waals surface area contributed by atoms with Crippen LogP contribution in [0.15, 0.2) is 18.3 Å². The van der Waals surface area contributed by atoms with Crippen LogP contribution in [0.25, 0.3) is 11.5 Å². The van der Waals surface area contributed by atoms with Gasteiger partial charge >= 0.3 is 5.97 Å². The number of carbonyl (C=O) groups excluding carboxylic acids is 1. The zero-order valence-electron chi connectivity index (χ0n) is 10.0. The van der Waals surface area contributed by atoms with Gasteiger partial charge < -0.3 is 9.72 Å². The Morgan fingerprint density at radius 3 is 3.00 bits per heavy atom. The molecule has 0 atom stereocenters. The summed E-state index contributed by atoms with van der Waals surface area (Å²) in [6.07, 6.45) is 1.61. The number of hydrogen-bond donors (Lipinski definition) is 1. The first kappa shape index (κ1) is 12.6. The molecule has 2 heterocycles. The highest BCUT2D eigenvalue weighted by Gasteiger charge is 2.18. The van der Waals surface area contributed by atoms with Gasteiger partial charge in [0.25, 0.3) is 0 Å². The molecular weight excluding hydrogens is 254 g/mol. The summed E-state index contributed by atoms with van der Waals surface area (Å²) in [4.78, 5) is 22.9. The molecule has 0 saturated carbocycles. The van der Waals surface area contributed by atoms with E-state index in [4.69, 9.17) is 16.3 Å². The Bertz CT molecular complexity index is 580. The highest BCUT2D eigenvalue weighted by molar-refractivity contribution is 6.32. The number of H-pyrrole nitrogens is 1. The molecule has 5 nitrogen and oxygen atoms in total. The minimum absolute atomic E-state index is 0.258. The fourth-order valence-corrected chi connectivity index (χ4v) is 1.74. The van der Waals surface area contributed by atoms with Crippen molar-refractivity contribution in [3.8, 4) is 11.5 Å². The number of carbonyl (C=O) groups is 1. The summed E-state index contributed by atoms with van der Waals surface area (Å²) in [6, 6.07) is 3.44. The van der Waals surface area contributed by atoms with Gasteiger partial charge in [0, 0.05) is 11.9 Å². The van der Waals surface area contributed by atoms with Crippen molar-refractivity contribution in [3.05, 3.63) is 34.7 Å². The number of halogens is 1. The molecule has 0 saturated heterocycles. The summed E-state index contributed by atoms with van der Waals surface area (Å²) < 4.78 is 4.91.